The quantitative estimate of drug-likeness (QED) is 0.282. The number of piperazine rings is 1. The predicted molar refractivity (Wildman–Crippen MR) is 185 cm³/mol. The average molecular weight is 741 g/mol. The highest BCUT2D eigenvalue weighted by molar-refractivity contribution is 7.11. The van der Waals surface area contributed by atoms with Gasteiger partial charge in [-0.05, 0) is 43.9 Å². The molecule has 1 aromatic heterocycles. The lowest BCUT2D eigenvalue weighted by Gasteiger charge is -2.38. The summed E-state index contributed by atoms with van der Waals surface area (Å²) in [6, 6.07) is 6.80. The number of amidine groups is 1. The fourth-order valence-electron chi connectivity index (χ4n) is 7.21. The Morgan fingerprint density at radius 1 is 1.08 bits per heavy atom. The number of aliphatic carboxylic acids is 1. The fourth-order valence-corrected chi connectivity index (χ4v) is 8.07. The minimum absolute atomic E-state index is 0.111. The zero-order valence-corrected chi connectivity index (χ0v) is 29.1. The number of carboxylic acids is 1. The average Bonchev–Trinajstić information content (AvgIpc) is 3.76. The maximum absolute atomic E-state index is 14.9. The van der Waals surface area contributed by atoms with Gasteiger partial charge >= 0.3 is 18.0 Å². The largest absolute Gasteiger partial charge is 0.490 e. The molecule has 3 aliphatic heterocycles. The molecule has 3 aromatic rings. The van der Waals surface area contributed by atoms with Crippen LogP contribution in [0.15, 0.2) is 64.2 Å². The van der Waals surface area contributed by atoms with E-state index < -0.39 is 35.5 Å². The molecular weight excluding hydrogens is 706 g/mol. The van der Waals surface area contributed by atoms with Crippen LogP contribution in [0.2, 0.25) is 5.02 Å². The molecule has 2 amide bonds. The second-order valence-electron chi connectivity index (χ2n) is 12.9. The van der Waals surface area contributed by atoms with Gasteiger partial charge in [-0.3, -0.25) is 19.6 Å². The summed E-state index contributed by atoms with van der Waals surface area (Å²) >= 11 is 7.85. The molecule has 0 bridgehead atoms. The second kappa shape index (κ2) is 14.6. The van der Waals surface area contributed by atoms with Gasteiger partial charge in [0.2, 0.25) is 0 Å². The van der Waals surface area contributed by atoms with Gasteiger partial charge in [-0.25, -0.2) is 23.4 Å². The van der Waals surface area contributed by atoms with Gasteiger partial charge in [-0.2, -0.15) is 0 Å². The normalized spacial score (nSPS) is 23.8. The SMILES string of the molecule is COC(=O)C1=C(CN2CCN3C(=O)N(c4cc(F)cc(O[C@H]5CC[C@H](C(=O)O)CC5)c4)C[C@@H]3C2)NC(c2nccs2)=NC1c1ccc(F)cc1Cl. The Balaban J connectivity index is 1.10. The summed E-state index contributed by atoms with van der Waals surface area (Å²) < 4.78 is 40.2. The van der Waals surface area contributed by atoms with E-state index in [1.165, 1.54) is 48.8 Å². The first-order valence-corrected chi connectivity index (χ1v) is 17.8. The van der Waals surface area contributed by atoms with E-state index in [0.29, 0.717) is 85.4 Å². The number of esters is 1. The lowest BCUT2D eigenvalue weighted by atomic mass is 9.87. The number of anilines is 1. The molecule has 4 heterocycles. The number of aromatic nitrogens is 1. The van der Waals surface area contributed by atoms with E-state index >= 15 is 0 Å². The number of amides is 2. The van der Waals surface area contributed by atoms with Gasteiger partial charge in [0, 0.05) is 72.7 Å². The number of methoxy groups -OCH3 is 1. The first-order chi connectivity index (χ1) is 24.6. The van der Waals surface area contributed by atoms with Crippen molar-refractivity contribution in [1.82, 2.24) is 20.1 Å². The molecule has 3 fully saturated rings. The van der Waals surface area contributed by atoms with Crippen LogP contribution in [0.25, 0.3) is 0 Å². The summed E-state index contributed by atoms with van der Waals surface area (Å²) in [5.41, 5.74) is 1.55. The Labute approximate surface area is 301 Å². The monoisotopic (exact) mass is 740 g/mol. The second-order valence-corrected chi connectivity index (χ2v) is 14.2. The summed E-state index contributed by atoms with van der Waals surface area (Å²) in [6.45, 7) is 1.91. The number of thiazole rings is 1. The maximum Gasteiger partial charge on any atom is 0.338 e. The van der Waals surface area contributed by atoms with Crippen LogP contribution in [-0.4, -0.2) is 95.7 Å². The number of nitrogens with zero attached hydrogens (tertiary/aromatic N) is 5. The third kappa shape index (κ3) is 7.28. The molecule has 4 aliphatic rings. The number of aliphatic imine (C=N–C) groups is 1. The zero-order chi connectivity index (χ0) is 35.8. The molecule has 0 radical (unpaired) electrons. The minimum atomic E-state index is -0.901. The molecule has 1 aliphatic carbocycles. The van der Waals surface area contributed by atoms with Gasteiger partial charge in [-0.1, -0.05) is 17.7 Å². The molecule has 12 nitrogen and oxygen atoms in total. The van der Waals surface area contributed by atoms with Crippen LogP contribution in [-0.2, 0) is 14.3 Å². The van der Waals surface area contributed by atoms with Crippen LogP contribution in [0.3, 0.4) is 0 Å². The molecule has 268 valence electrons. The van der Waals surface area contributed by atoms with E-state index in [1.54, 1.807) is 27.4 Å². The molecular formula is C35H35ClF2N6O6S. The third-order valence-corrected chi connectivity index (χ3v) is 10.8. The number of hydrogen-bond donors (Lipinski definition) is 2. The van der Waals surface area contributed by atoms with Crippen molar-refractivity contribution in [3.8, 4) is 5.75 Å². The van der Waals surface area contributed by atoms with E-state index in [1.807, 2.05) is 0 Å². The van der Waals surface area contributed by atoms with Crippen molar-refractivity contribution in [2.75, 3.05) is 44.7 Å². The van der Waals surface area contributed by atoms with Gasteiger partial charge < -0.3 is 24.8 Å². The minimum Gasteiger partial charge on any atom is -0.490 e. The van der Waals surface area contributed by atoms with Crippen LogP contribution in [0.1, 0.15) is 42.3 Å². The molecule has 0 spiro atoms. The van der Waals surface area contributed by atoms with Gasteiger partial charge in [-0.15, -0.1) is 11.3 Å². The number of rotatable bonds is 9. The number of carbonyl (C=O) groups is 3. The lowest BCUT2D eigenvalue weighted by molar-refractivity contribution is -0.143. The Kier molecular flexibility index (Phi) is 9.94. The molecule has 51 heavy (non-hydrogen) atoms. The number of nitrogens with one attached hydrogen (secondary N) is 1. The number of urea groups is 1. The van der Waals surface area contributed by atoms with Crippen LogP contribution in [0, 0.1) is 17.6 Å². The summed E-state index contributed by atoms with van der Waals surface area (Å²) in [5, 5.41) is 15.1. The highest BCUT2D eigenvalue weighted by atomic mass is 35.5. The lowest BCUT2D eigenvalue weighted by Crippen LogP contribution is -2.53. The number of hydrogen-bond acceptors (Lipinski definition) is 10. The Morgan fingerprint density at radius 3 is 2.59 bits per heavy atom. The Hall–Kier alpha value is -4.60. The van der Waals surface area contributed by atoms with Gasteiger partial charge in [0.25, 0.3) is 0 Å². The summed E-state index contributed by atoms with van der Waals surface area (Å²) in [6.07, 6.45) is 3.50. The summed E-state index contributed by atoms with van der Waals surface area (Å²) in [4.78, 5) is 52.9. The predicted octanol–water partition coefficient (Wildman–Crippen LogP) is 5.24. The highest BCUT2D eigenvalue weighted by Gasteiger charge is 2.43. The fraction of sp³-hybridized carbons (Fsp3) is 0.400. The number of fused-ring (bicyclic) bond motifs is 1. The Bertz CT molecular complexity index is 1900. The van der Waals surface area contributed by atoms with Crippen molar-refractivity contribution < 1.29 is 37.7 Å². The molecule has 16 heteroatoms. The molecule has 1 saturated carbocycles. The number of ether oxygens (including phenoxy) is 2. The number of carboxylic acid groups (broad SMARTS) is 1. The van der Waals surface area contributed by atoms with Gasteiger partial charge in [0.05, 0.1) is 36.4 Å². The third-order valence-electron chi connectivity index (χ3n) is 9.74. The molecule has 1 unspecified atom stereocenters. The van der Waals surface area contributed by atoms with Crippen LogP contribution >= 0.6 is 22.9 Å². The summed E-state index contributed by atoms with van der Waals surface area (Å²) in [7, 11) is 1.28. The van der Waals surface area contributed by atoms with E-state index in [4.69, 9.17) is 26.1 Å². The van der Waals surface area contributed by atoms with Crippen LogP contribution < -0.4 is 15.0 Å². The van der Waals surface area contributed by atoms with Crippen molar-refractivity contribution in [2.45, 2.75) is 43.9 Å². The Morgan fingerprint density at radius 2 is 1.88 bits per heavy atom. The van der Waals surface area contributed by atoms with Gasteiger partial charge in [0.15, 0.2) is 10.8 Å². The molecule has 2 N–H and O–H groups in total. The van der Waals surface area contributed by atoms with Crippen molar-refractivity contribution in [3.05, 3.63) is 86.5 Å². The van der Waals surface area contributed by atoms with Crippen molar-refractivity contribution in [2.24, 2.45) is 10.9 Å². The number of carbonyl (C=O) groups excluding carboxylic acids is 2. The molecule has 2 aromatic carbocycles. The number of benzene rings is 2. The summed E-state index contributed by atoms with van der Waals surface area (Å²) in [5.74, 6) is -2.17. The first kappa shape index (κ1) is 34.8. The topological polar surface area (TPSA) is 137 Å². The van der Waals surface area contributed by atoms with E-state index in [9.17, 15) is 28.3 Å². The van der Waals surface area contributed by atoms with E-state index in [2.05, 4.69) is 15.2 Å². The van der Waals surface area contributed by atoms with Gasteiger partial charge in [0.1, 0.15) is 23.4 Å². The van der Waals surface area contributed by atoms with E-state index in [-0.39, 0.29) is 35.3 Å². The molecule has 2 saturated heterocycles. The molecule has 7 rings (SSSR count). The molecule has 2 atom stereocenters. The smallest absolute Gasteiger partial charge is 0.338 e. The van der Waals surface area contributed by atoms with Crippen molar-refractivity contribution in [3.63, 3.8) is 0 Å². The van der Waals surface area contributed by atoms with Crippen LogP contribution in [0.5, 0.6) is 5.75 Å². The number of halogens is 3. The van der Waals surface area contributed by atoms with Crippen LogP contribution in [0.4, 0.5) is 19.3 Å². The van der Waals surface area contributed by atoms with Crippen molar-refractivity contribution in [1.29, 1.82) is 0 Å². The highest BCUT2D eigenvalue weighted by Crippen LogP contribution is 2.38. The van der Waals surface area contributed by atoms with E-state index in [0.717, 1.165) is 0 Å². The van der Waals surface area contributed by atoms with Crippen molar-refractivity contribution >= 4 is 52.4 Å². The maximum atomic E-state index is 14.9. The standard InChI is InChI=1S/C35H35ClF2N6O6S/c1-49-34(47)29-28(40-31(32-39-8-11-51-32)41-30(29)26-7-4-20(37)14-27(26)36)18-42-9-10-43-23(16-42)17-44(35(43)48)22-12-21(38)13-25(15-22)50-24-5-2-19(3-6-24)33(45)46/h4,7-8,11-15,19,23-24,30H,2-3,5-6,9-10,16-18H2,1H3,(H,40,41)(H,45,46)/t19-,23-,24-,30?/m0/s1. The zero-order valence-electron chi connectivity index (χ0n) is 27.6. The first-order valence-electron chi connectivity index (χ1n) is 16.6.